The summed E-state index contributed by atoms with van der Waals surface area (Å²) in [5.74, 6) is -3.19. The lowest BCUT2D eigenvalue weighted by Gasteiger charge is -2.09. The lowest BCUT2D eigenvalue weighted by Crippen LogP contribution is -2.41. The Labute approximate surface area is 130 Å². The number of aromatic nitrogens is 1. The van der Waals surface area contributed by atoms with Gasteiger partial charge in [-0.2, -0.15) is 0 Å². The van der Waals surface area contributed by atoms with E-state index in [1.165, 1.54) is 0 Å². The minimum absolute atomic E-state index is 0.566. The standard InChI is InChI=1S/C8H6ClN.C6H9NO5/c9-7-2-1-3-8-6(7)4-5-10-8;1-3(8)7-4(6(11)12)2-5(9)10/h1-5,10H;4H,2H2,1H3,(H,7,8)(H,9,10)(H,11,12)/t;4-/m.0/s1. The molecule has 0 fully saturated rings. The van der Waals surface area contributed by atoms with Gasteiger partial charge in [-0.1, -0.05) is 17.7 Å². The number of nitrogens with one attached hydrogen (secondary N) is 2. The average molecular weight is 327 g/mol. The number of aliphatic carboxylic acids is 2. The van der Waals surface area contributed by atoms with E-state index >= 15 is 0 Å². The molecule has 1 aromatic carbocycles. The molecule has 7 nitrogen and oxygen atoms in total. The molecule has 0 unspecified atom stereocenters. The predicted molar refractivity (Wildman–Crippen MR) is 80.8 cm³/mol. The number of fused-ring (bicyclic) bond motifs is 1. The Bertz CT molecular complexity index is 667. The van der Waals surface area contributed by atoms with Crippen LogP contribution >= 0.6 is 11.6 Å². The van der Waals surface area contributed by atoms with Gasteiger partial charge in [0.1, 0.15) is 6.04 Å². The van der Waals surface area contributed by atoms with Crippen molar-refractivity contribution in [1.82, 2.24) is 10.3 Å². The van der Waals surface area contributed by atoms with Gasteiger partial charge in [0.15, 0.2) is 0 Å². The van der Waals surface area contributed by atoms with E-state index in [4.69, 9.17) is 21.8 Å². The van der Waals surface area contributed by atoms with Gasteiger partial charge in [-0.3, -0.25) is 9.59 Å². The maximum atomic E-state index is 10.4. The summed E-state index contributed by atoms with van der Waals surface area (Å²) in [6.07, 6.45) is 1.27. The average Bonchev–Trinajstić information content (AvgIpc) is 2.87. The van der Waals surface area contributed by atoms with Gasteiger partial charge >= 0.3 is 11.9 Å². The van der Waals surface area contributed by atoms with E-state index in [0.717, 1.165) is 22.8 Å². The third-order valence-corrected chi connectivity index (χ3v) is 2.93. The van der Waals surface area contributed by atoms with Crippen molar-refractivity contribution >= 4 is 40.3 Å². The molecule has 1 amide bonds. The van der Waals surface area contributed by atoms with Crippen LogP contribution in [0.1, 0.15) is 13.3 Å². The monoisotopic (exact) mass is 326 g/mol. The van der Waals surface area contributed by atoms with Gasteiger partial charge in [0.2, 0.25) is 5.91 Å². The molecule has 2 rings (SSSR count). The molecule has 118 valence electrons. The Hall–Kier alpha value is -2.54. The summed E-state index contributed by atoms with van der Waals surface area (Å²) in [6.45, 7) is 1.12. The van der Waals surface area contributed by atoms with Crippen LogP contribution in [0.15, 0.2) is 30.5 Å². The molecule has 1 atom stereocenters. The molecule has 0 aliphatic heterocycles. The zero-order valence-electron chi connectivity index (χ0n) is 11.7. The van der Waals surface area contributed by atoms with Crippen molar-refractivity contribution in [1.29, 1.82) is 0 Å². The summed E-state index contributed by atoms with van der Waals surface area (Å²) in [5.41, 5.74) is 1.09. The molecule has 4 N–H and O–H groups in total. The molecule has 0 saturated carbocycles. The Morgan fingerprint density at radius 2 is 1.95 bits per heavy atom. The lowest BCUT2D eigenvalue weighted by atomic mass is 10.2. The fourth-order valence-electron chi connectivity index (χ4n) is 1.67. The lowest BCUT2D eigenvalue weighted by molar-refractivity contribution is -0.147. The van der Waals surface area contributed by atoms with Gasteiger partial charge in [-0.25, -0.2) is 4.79 Å². The Morgan fingerprint density at radius 1 is 1.27 bits per heavy atom. The van der Waals surface area contributed by atoms with E-state index in [2.05, 4.69) is 4.98 Å². The summed E-state index contributed by atoms with van der Waals surface area (Å²) in [7, 11) is 0. The quantitative estimate of drug-likeness (QED) is 0.683. The summed E-state index contributed by atoms with van der Waals surface area (Å²) in [6, 6.07) is 6.44. The topological polar surface area (TPSA) is 119 Å². The zero-order chi connectivity index (χ0) is 16.7. The molecule has 22 heavy (non-hydrogen) atoms. The number of hydrogen-bond donors (Lipinski definition) is 4. The number of rotatable bonds is 4. The van der Waals surface area contributed by atoms with E-state index in [1.807, 2.05) is 35.8 Å². The number of carbonyl (C=O) groups is 3. The summed E-state index contributed by atoms with van der Waals surface area (Å²) >= 11 is 5.88. The summed E-state index contributed by atoms with van der Waals surface area (Å²) in [4.78, 5) is 33.8. The predicted octanol–water partition coefficient (Wildman–Crippen LogP) is 1.87. The number of carbonyl (C=O) groups excluding carboxylic acids is 1. The van der Waals surface area contributed by atoms with Gasteiger partial charge in [-0.15, -0.1) is 0 Å². The number of hydrogen-bond acceptors (Lipinski definition) is 3. The number of amides is 1. The van der Waals surface area contributed by atoms with Crippen LogP contribution in [0, 0.1) is 0 Å². The second-order valence-corrected chi connectivity index (χ2v) is 4.78. The summed E-state index contributed by atoms with van der Waals surface area (Å²) < 4.78 is 0. The minimum Gasteiger partial charge on any atom is -0.481 e. The van der Waals surface area contributed by atoms with Crippen LogP contribution in [0.4, 0.5) is 0 Å². The van der Waals surface area contributed by atoms with E-state index < -0.39 is 30.3 Å². The van der Waals surface area contributed by atoms with E-state index in [1.54, 1.807) is 0 Å². The molecule has 1 aromatic heterocycles. The Kier molecular flexibility index (Phi) is 6.40. The Morgan fingerprint density at radius 3 is 2.45 bits per heavy atom. The number of aromatic amines is 1. The van der Waals surface area contributed by atoms with Crippen LogP contribution in [-0.4, -0.2) is 39.1 Å². The fraction of sp³-hybridized carbons (Fsp3) is 0.214. The normalized spacial score (nSPS) is 11.2. The van der Waals surface area contributed by atoms with E-state index in [-0.39, 0.29) is 0 Å². The van der Waals surface area contributed by atoms with Gasteiger partial charge < -0.3 is 20.5 Å². The Balaban J connectivity index is 0.000000222. The molecule has 8 heteroatoms. The summed E-state index contributed by atoms with van der Waals surface area (Å²) in [5, 5.41) is 20.5. The van der Waals surface area contributed by atoms with Crippen molar-refractivity contribution < 1.29 is 24.6 Å². The number of benzene rings is 1. The molecule has 0 radical (unpaired) electrons. The zero-order valence-corrected chi connectivity index (χ0v) is 12.4. The third-order valence-electron chi connectivity index (χ3n) is 2.60. The molecule has 1 heterocycles. The van der Waals surface area contributed by atoms with Crippen LogP contribution in [-0.2, 0) is 14.4 Å². The first kappa shape index (κ1) is 17.5. The van der Waals surface area contributed by atoms with Gasteiger partial charge in [0, 0.05) is 29.0 Å². The van der Waals surface area contributed by atoms with Crippen molar-refractivity contribution in [3.8, 4) is 0 Å². The maximum absolute atomic E-state index is 10.4. The molecule has 0 aliphatic rings. The number of H-pyrrole nitrogens is 1. The van der Waals surface area contributed by atoms with Crippen molar-refractivity contribution in [3.63, 3.8) is 0 Å². The van der Waals surface area contributed by atoms with Crippen molar-refractivity contribution in [2.24, 2.45) is 0 Å². The SMILES string of the molecule is CC(=O)N[C@@H](CC(=O)O)C(=O)O.Clc1cccc2[nH]ccc12. The molecule has 0 aliphatic carbocycles. The minimum atomic E-state index is -1.35. The van der Waals surface area contributed by atoms with Gasteiger partial charge in [-0.05, 0) is 18.2 Å². The molecule has 2 aromatic rings. The highest BCUT2D eigenvalue weighted by atomic mass is 35.5. The highest BCUT2D eigenvalue weighted by Crippen LogP contribution is 2.21. The second-order valence-electron chi connectivity index (χ2n) is 4.37. The van der Waals surface area contributed by atoms with E-state index in [0.29, 0.717) is 0 Å². The third kappa shape index (κ3) is 5.45. The van der Waals surface area contributed by atoms with Crippen molar-refractivity contribution in [3.05, 3.63) is 35.5 Å². The smallest absolute Gasteiger partial charge is 0.326 e. The first-order valence-electron chi connectivity index (χ1n) is 6.24. The first-order chi connectivity index (χ1) is 10.3. The molecule has 0 spiro atoms. The number of halogens is 1. The van der Waals surface area contributed by atoms with Crippen LogP contribution in [0.3, 0.4) is 0 Å². The highest BCUT2D eigenvalue weighted by Gasteiger charge is 2.21. The van der Waals surface area contributed by atoms with Gasteiger partial charge in [0.05, 0.1) is 6.42 Å². The first-order valence-corrected chi connectivity index (χ1v) is 6.62. The number of carboxylic acid groups (broad SMARTS) is 2. The molecule has 0 saturated heterocycles. The van der Waals surface area contributed by atoms with Crippen LogP contribution < -0.4 is 5.32 Å². The van der Waals surface area contributed by atoms with E-state index in [9.17, 15) is 14.4 Å². The fourth-order valence-corrected chi connectivity index (χ4v) is 1.90. The second kappa shape index (κ2) is 8.04. The maximum Gasteiger partial charge on any atom is 0.326 e. The highest BCUT2D eigenvalue weighted by molar-refractivity contribution is 6.35. The molecular weight excluding hydrogens is 312 g/mol. The van der Waals surface area contributed by atoms with Crippen LogP contribution in [0.25, 0.3) is 10.9 Å². The van der Waals surface area contributed by atoms with Crippen molar-refractivity contribution in [2.75, 3.05) is 0 Å². The molecular formula is C14H15ClN2O5. The molecule has 0 bridgehead atoms. The number of carboxylic acids is 2. The van der Waals surface area contributed by atoms with Gasteiger partial charge in [0.25, 0.3) is 0 Å². The van der Waals surface area contributed by atoms with Crippen molar-refractivity contribution in [2.45, 2.75) is 19.4 Å². The van der Waals surface area contributed by atoms with Crippen LogP contribution in [0.2, 0.25) is 5.02 Å². The van der Waals surface area contributed by atoms with Crippen LogP contribution in [0.5, 0.6) is 0 Å². The largest absolute Gasteiger partial charge is 0.481 e.